The average Bonchev–Trinajstić information content (AvgIpc) is 2.68. The lowest BCUT2D eigenvalue weighted by atomic mass is 10.2. The summed E-state index contributed by atoms with van der Waals surface area (Å²) in [6, 6.07) is 18.8. The highest BCUT2D eigenvalue weighted by molar-refractivity contribution is 6.42. The molecule has 0 spiro atoms. The lowest BCUT2D eigenvalue weighted by Crippen LogP contribution is -2.02. The molecular weight excluding hydrogens is 405 g/mol. The molecule has 0 atom stereocenters. The van der Waals surface area contributed by atoms with E-state index in [0.29, 0.717) is 39.7 Å². The Hall–Kier alpha value is -2.07. The van der Waals surface area contributed by atoms with Crippen LogP contribution in [-0.2, 0) is 13.2 Å². The van der Waals surface area contributed by atoms with Gasteiger partial charge in [0, 0.05) is 17.3 Å². The average molecular weight is 423 g/mol. The molecule has 0 saturated carbocycles. The van der Waals surface area contributed by atoms with Crippen molar-refractivity contribution in [2.45, 2.75) is 13.2 Å². The third kappa shape index (κ3) is 5.46. The molecule has 3 rings (SSSR count). The topological polar surface area (TPSA) is 30.5 Å². The Kier molecular flexibility index (Phi) is 6.73. The van der Waals surface area contributed by atoms with Crippen LogP contribution in [-0.4, -0.2) is 7.11 Å². The van der Waals surface area contributed by atoms with Gasteiger partial charge in [0.05, 0.1) is 17.2 Å². The predicted molar refractivity (Wildman–Crippen MR) is 113 cm³/mol. The van der Waals surface area contributed by atoms with E-state index in [1.807, 2.05) is 48.5 Å². The Balaban J connectivity index is 1.64. The number of rotatable bonds is 7. The van der Waals surface area contributed by atoms with Gasteiger partial charge in [-0.1, -0.05) is 53.0 Å². The van der Waals surface area contributed by atoms with Crippen LogP contribution in [0.1, 0.15) is 11.1 Å². The fourth-order valence-corrected chi connectivity index (χ4v) is 2.92. The predicted octanol–water partition coefficient (Wildman–Crippen LogP) is 6.85. The number of nitrogens with one attached hydrogen (secondary N) is 1. The lowest BCUT2D eigenvalue weighted by molar-refractivity contribution is 0.284. The normalized spacial score (nSPS) is 10.5. The lowest BCUT2D eigenvalue weighted by Gasteiger charge is -2.13. The maximum absolute atomic E-state index is 6.04. The van der Waals surface area contributed by atoms with Crippen LogP contribution in [0.2, 0.25) is 15.1 Å². The van der Waals surface area contributed by atoms with Crippen molar-refractivity contribution in [2.24, 2.45) is 0 Å². The SMILES string of the molecule is COc1cc(CNc2ccc(Cl)c(Cl)c2)ccc1OCc1ccc(Cl)cc1. The maximum Gasteiger partial charge on any atom is 0.161 e. The summed E-state index contributed by atoms with van der Waals surface area (Å²) >= 11 is 17.9. The second-order valence-corrected chi connectivity index (χ2v) is 7.13. The van der Waals surface area contributed by atoms with E-state index < -0.39 is 0 Å². The summed E-state index contributed by atoms with van der Waals surface area (Å²) in [7, 11) is 1.63. The molecule has 1 N–H and O–H groups in total. The van der Waals surface area contributed by atoms with Gasteiger partial charge in [-0.25, -0.2) is 0 Å². The fourth-order valence-electron chi connectivity index (χ4n) is 2.49. The zero-order chi connectivity index (χ0) is 19.2. The minimum Gasteiger partial charge on any atom is -0.493 e. The van der Waals surface area contributed by atoms with Gasteiger partial charge in [-0.05, 0) is 53.6 Å². The van der Waals surface area contributed by atoms with Crippen molar-refractivity contribution in [1.82, 2.24) is 0 Å². The van der Waals surface area contributed by atoms with Gasteiger partial charge >= 0.3 is 0 Å². The van der Waals surface area contributed by atoms with Gasteiger partial charge in [0.1, 0.15) is 6.61 Å². The molecule has 0 aromatic heterocycles. The minimum atomic E-state index is 0.439. The summed E-state index contributed by atoms with van der Waals surface area (Å²) < 4.78 is 11.3. The summed E-state index contributed by atoms with van der Waals surface area (Å²) in [6.07, 6.45) is 0. The van der Waals surface area contributed by atoms with Crippen LogP contribution in [0.5, 0.6) is 11.5 Å². The summed E-state index contributed by atoms with van der Waals surface area (Å²) in [4.78, 5) is 0. The fraction of sp³-hybridized carbons (Fsp3) is 0.143. The van der Waals surface area contributed by atoms with Gasteiger partial charge < -0.3 is 14.8 Å². The molecule has 0 radical (unpaired) electrons. The van der Waals surface area contributed by atoms with E-state index in [1.165, 1.54) is 0 Å². The molecular formula is C21H18Cl3NO2. The Labute approximate surface area is 173 Å². The Bertz CT molecular complexity index is 914. The van der Waals surface area contributed by atoms with E-state index in [2.05, 4.69) is 5.32 Å². The standard InChI is InChI=1S/C21H18Cl3NO2/c1-26-21-10-15(12-25-17-7-8-18(23)19(24)11-17)4-9-20(21)27-13-14-2-5-16(22)6-3-14/h2-11,25H,12-13H2,1H3. The van der Waals surface area contributed by atoms with Crippen molar-refractivity contribution in [2.75, 3.05) is 12.4 Å². The molecule has 3 nitrogen and oxygen atoms in total. The summed E-state index contributed by atoms with van der Waals surface area (Å²) in [5, 5.41) is 5.07. The Morgan fingerprint density at radius 3 is 2.22 bits per heavy atom. The molecule has 140 valence electrons. The van der Waals surface area contributed by atoms with Crippen LogP contribution < -0.4 is 14.8 Å². The van der Waals surface area contributed by atoms with Gasteiger partial charge in [-0.2, -0.15) is 0 Å². The zero-order valence-corrected chi connectivity index (χ0v) is 16.9. The molecule has 0 saturated heterocycles. The molecule has 0 heterocycles. The van der Waals surface area contributed by atoms with Gasteiger partial charge in [-0.15, -0.1) is 0 Å². The highest BCUT2D eigenvalue weighted by Crippen LogP contribution is 2.30. The van der Waals surface area contributed by atoms with Crippen molar-refractivity contribution >= 4 is 40.5 Å². The van der Waals surface area contributed by atoms with Crippen LogP contribution in [0.25, 0.3) is 0 Å². The number of methoxy groups -OCH3 is 1. The highest BCUT2D eigenvalue weighted by atomic mass is 35.5. The first-order valence-electron chi connectivity index (χ1n) is 8.28. The monoisotopic (exact) mass is 421 g/mol. The molecule has 0 bridgehead atoms. The number of benzene rings is 3. The number of hydrogen-bond donors (Lipinski definition) is 1. The number of ether oxygens (including phenoxy) is 2. The Morgan fingerprint density at radius 2 is 1.52 bits per heavy atom. The maximum atomic E-state index is 6.04. The van der Waals surface area contributed by atoms with Gasteiger partial charge in [0.15, 0.2) is 11.5 Å². The van der Waals surface area contributed by atoms with Crippen LogP contribution in [0.4, 0.5) is 5.69 Å². The van der Waals surface area contributed by atoms with E-state index >= 15 is 0 Å². The zero-order valence-electron chi connectivity index (χ0n) is 14.6. The molecule has 6 heteroatoms. The number of halogens is 3. The molecule has 0 aliphatic rings. The number of anilines is 1. The van der Waals surface area contributed by atoms with Gasteiger partial charge in [-0.3, -0.25) is 0 Å². The summed E-state index contributed by atoms with van der Waals surface area (Å²) in [5.74, 6) is 1.36. The highest BCUT2D eigenvalue weighted by Gasteiger charge is 2.07. The van der Waals surface area contributed by atoms with Crippen molar-refractivity contribution < 1.29 is 9.47 Å². The molecule has 0 fully saturated rings. The minimum absolute atomic E-state index is 0.439. The van der Waals surface area contributed by atoms with E-state index in [4.69, 9.17) is 44.3 Å². The molecule has 0 aliphatic heterocycles. The molecule has 0 amide bonds. The van der Waals surface area contributed by atoms with E-state index in [9.17, 15) is 0 Å². The van der Waals surface area contributed by atoms with Crippen LogP contribution in [0.15, 0.2) is 60.7 Å². The largest absolute Gasteiger partial charge is 0.493 e. The van der Waals surface area contributed by atoms with E-state index in [1.54, 1.807) is 19.2 Å². The summed E-state index contributed by atoms with van der Waals surface area (Å²) in [5.41, 5.74) is 2.98. The molecule has 0 aliphatic carbocycles. The summed E-state index contributed by atoms with van der Waals surface area (Å²) in [6.45, 7) is 1.06. The van der Waals surface area contributed by atoms with E-state index in [0.717, 1.165) is 16.8 Å². The molecule has 27 heavy (non-hydrogen) atoms. The quantitative estimate of drug-likeness (QED) is 0.452. The third-order valence-electron chi connectivity index (χ3n) is 3.95. The number of hydrogen-bond acceptors (Lipinski definition) is 3. The van der Waals surface area contributed by atoms with Gasteiger partial charge in [0.25, 0.3) is 0 Å². The Morgan fingerprint density at radius 1 is 0.778 bits per heavy atom. The first kappa shape index (κ1) is 19.7. The van der Waals surface area contributed by atoms with Crippen molar-refractivity contribution in [3.8, 4) is 11.5 Å². The smallest absolute Gasteiger partial charge is 0.161 e. The second-order valence-electron chi connectivity index (χ2n) is 5.88. The van der Waals surface area contributed by atoms with Crippen LogP contribution >= 0.6 is 34.8 Å². The molecule has 3 aromatic rings. The van der Waals surface area contributed by atoms with Crippen LogP contribution in [0.3, 0.4) is 0 Å². The third-order valence-corrected chi connectivity index (χ3v) is 4.94. The first-order chi connectivity index (χ1) is 13.0. The molecule has 0 unspecified atom stereocenters. The second kappa shape index (κ2) is 9.23. The molecule has 3 aromatic carbocycles. The van der Waals surface area contributed by atoms with Crippen molar-refractivity contribution in [1.29, 1.82) is 0 Å². The van der Waals surface area contributed by atoms with Crippen LogP contribution in [0, 0.1) is 0 Å². The van der Waals surface area contributed by atoms with E-state index in [-0.39, 0.29) is 0 Å². The first-order valence-corrected chi connectivity index (χ1v) is 9.41. The van der Waals surface area contributed by atoms with Crippen molar-refractivity contribution in [3.63, 3.8) is 0 Å². The van der Waals surface area contributed by atoms with Gasteiger partial charge in [0.2, 0.25) is 0 Å². The van der Waals surface area contributed by atoms with Crippen molar-refractivity contribution in [3.05, 3.63) is 86.9 Å².